The monoisotopic (exact) mass is 457 g/mol. The molecule has 0 spiro atoms. The SMILES string of the molecule is O=C(CC1C(=O)N(Cc2ccccc2)C(Cc2ccccc2)C1C(O)C(=O)O)c1ccccc1. The third-order valence-electron chi connectivity index (χ3n) is 6.51. The quantitative estimate of drug-likeness (QED) is 0.479. The molecule has 2 N–H and O–H groups in total. The molecule has 1 aliphatic rings. The lowest BCUT2D eigenvalue weighted by molar-refractivity contribution is -0.151. The third-order valence-corrected chi connectivity index (χ3v) is 6.51. The maximum Gasteiger partial charge on any atom is 0.332 e. The van der Waals surface area contributed by atoms with Gasteiger partial charge >= 0.3 is 5.97 Å². The van der Waals surface area contributed by atoms with Crippen molar-refractivity contribution in [3.63, 3.8) is 0 Å². The van der Waals surface area contributed by atoms with Gasteiger partial charge in [0.1, 0.15) is 0 Å². The first-order chi connectivity index (χ1) is 16.5. The van der Waals surface area contributed by atoms with Gasteiger partial charge in [-0.3, -0.25) is 9.59 Å². The first kappa shape index (κ1) is 23.4. The van der Waals surface area contributed by atoms with Gasteiger partial charge in [0, 0.05) is 30.5 Å². The molecule has 0 radical (unpaired) electrons. The van der Waals surface area contributed by atoms with Crippen molar-refractivity contribution in [3.05, 3.63) is 108 Å². The van der Waals surface area contributed by atoms with Gasteiger partial charge < -0.3 is 15.1 Å². The highest BCUT2D eigenvalue weighted by atomic mass is 16.4. The smallest absolute Gasteiger partial charge is 0.332 e. The molecule has 4 rings (SSSR count). The Kier molecular flexibility index (Phi) is 7.18. The summed E-state index contributed by atoms with van der Waals surface area (Å²) in [5, 5.41) is 20.4. The minimum atomic E-state index is -1.77. The fraction of sp³-hybridized carbons (Fsp3) is 0.250. The maximum absolute atomic E-state index is 13.7. The summed E-state index contributed by atoms with van der Waals surface area (Å²) >= 11 is 0. The predicted molar refractivity (Wildman–Crippen MR) is 127 cm³/mol. The van der Waals surface area contributed by atoms with Crippen molar-refractivity contribution in [2.75, 3.05) is 0 Å². The zero-order chi connectivity index (χ0) is 24.1. The molecule has 1 fully saturated rings. The highest BCUT2D eigenvalue weighted by Crippen LogP contribution is 2.39. The number of carboxylic acid groups (broad SMARTS) is 1. The molecular weight excluding hydrogens is 430 g/mol. The molecule has 0 saturated carbocycles. The van der Waals surface area contributed by atoms with Crippen molar-refractivity contribution in [3.8, 4) is 0 Å². The second-order valence-corrected chi connectivity index (χ2v) is 8.67. The third kappa shape index (κ3) is 5.07. The van der Waals surface area contributed by atoms with Gasteiger partial charge in [0.2, 0.25) is 5.91 Å². The van der Waals surface area contributed by atoms with Crippen molar-refractivity contribution < 1.29 is 24.6 Å². The molecule has 1 saturated heterocycles. The van der Waals surface area contributed by atoms with E-state index in [0.29, 0.717) is 12.0 Å². The number of nitrogens with zero attached hydrogens (tertiary/aromatic N) is 1. The van der Waals surface area contributed by atoms with E-state index in [9.17, 15) is 24.6 Å². The number of hydrogen-bond donors (Lipinski definition) is 2. The number of aliphatic carboxylic acids is 1. The van der Waals surface area contributed by atoms with Crippen LogP contribution in [0.1, 0.15) is 27.9 Å². The lowest BCUT2D eigenvalue weighted by Gasteiger charge is -2.30. The van der Waals surface area contributed by atoms with Gasteiger partial charge in [0.15, 0.2) is 11.9 Å². The number of rotatable bonds is 9. The average Bonchev–Trinajstić information content (AvgIpc) is 3.10. The van der Waals surface area contributed by atoms with Crippen LogP contribution >= 0.6 is 0 Å². The summed E-state index contributed by atoms with van der Waals surface area (Å²) in [7, 11) is 0. The van der Waals surface area contributed by atoms with Crippen molar-refractivity contribution in [1.29, 1.82) is 0 Å². The Hall–Kier alpha value is -3.77. The Bertz CT molecular complexity index is 1130. The lowest BCUT2D eigenvalue weighted by atomic mass is 9.80. The Morgan fingerprint density at radius 3 is 1.91 bits per heavy atom. The standard InChI is InChI=1S/C28H27NO5/c30-24(21-14-8-3-9-15-21)17-22-25(26(31)28(33)34)23(16-19-10-4-1-5-11-19)29(27(22)32)18-20-12-6-2-7-13-20/h1-15,22-23,25-26,31H,16-18H2,(H,33,34). The lowest BCUT2D eigenvalue weighted by Crippen LogP contribution is -2.43. The van der Waals surface area contributed by atoms with Gasteiger partial charge in [-0.15, -0.1) is 0 Å². The molecule has 34 heavy (non-hydrogen) atoms. The molecule has 0 aromatic heterocycles. The van der Waals surface area contributed by atoms with Crippen LogP contribution in [0.25, 0.3) is 0 Å². The van der Waals surface area contributed by atoms with E-state index < -0.39 is 30.0 Å². The van der Waals surface area contributed by atoms with Crippen molar-refractivity contribution in [2.45, 2.75) is 31.5 Å². The highest BCUT2D eigenvalue weighted by molar-refractivity contribution is 5.99. The Labute approximate surface area is 198 Å². The van der Waals surface area contributed by atoms with Gasteiger partial charge in [-0.1, -0.05) is 91.0 Å². The van der Waals surface area contributed by atoms with Crippen molar-refractivity contribution >= 4 is 17.7 Å². The van der Waals surface area contributed by atoms with Crippen molar-refractivity contribution in [2.24, 2.45) is 11.8 Å². The second kappa shape index (κ2) is 10.4. The van der Waals surface area contributed by atoms with Gasteiger partial charge in [-0.05, 0) is 17.5 Å². The summed E-state index contributed by atoms with van der Waals surface area (Å²) in [6.07, 6.45) is -1.55. The van der Waals surface area contributed by atoms with Crippen LogP contribution in [-0.4, -0.2) is 44.9 Å². The van der Waals surface area contributed by atoms with Crippen LogP contribution in [0.2, 0.25) is 0 Å². The van der Waals surface area contributed by atoms with Crippen LogP contribution in [0.15, 0.2) is 91.0 Å². The number of carboxylic acids is 1. The van der Waals surface area contributed by atoms with Crippen LogP contribution in [0.5, 0.6) is 0 Å². The molecule has 0 aliphatic carbocycles. The van der Waals surface area contributed by atoms with E-state index in [-0.39, 0.29) is 24.7 Å². The van der Waals surface area contributed by atoms with Crippen LogP contribution in [0.4, 0.5) is 0 Å². The summed E-state index contributed by atoms with van der Waals surface area (Å²) in [5.41, 5.74) is 2.28. The number of carbonyl (C=O) groups is 3. The van der Waals surface area contributed by atoms with Crippen LogP contribution in [-0.2, 0) is 22.6 Å². The largest absolute Gasteiger partial charge is 0.479 e. The molecule has 3 aromatic carbocycles. The fourth-order valence-corrected chi connectivity index (χ4v) is 4.85. The molecule has 1 aliphatic heterocycles. The van der Waals surface area contributed by atoms with E-state index in [1.165, 1.54) is 0 Å². The Morgan fingerprint density at radius 1 is 0.824 bits per heavy atom. The first-order valence-electron chi connectivity index (χ1n) is 11.3. The fourth-order valence-electron chi connectivity index (χ4n) is 4.85. The second-order valence-electron chi connectivity index (χ2n) is 8.67. The number of hydrogen-bond acceptors (Lipinski definition) is 4. The van der Waals surface area contributed by atoms with Gasteiger partial charge in [-0.2, -0.15) is 0 Å². The summed E-state index contributed by atoms with van der Waals surface area (Å²) in [6.45, 7) is 0.274. The number of likely N-dealkylation sites (tertiary alicyclic amines) is 1. The van der Waals surface area contributed by atoms with E-state index in [1.54, 1.807) is 35.2 Å². The zero-order valence-electron chi connectivity index (χ0n) is 18.7. The minimum Gasteiger partial charge on any atom is -0.479 e. The van der Waals surface area contributed by atoms with Gasteiger partial charge in [-0.25, -0.2) is 4.79 Å². The molecule has 4 atom stereocenters. The molecule has 6 heteroatoms. The number of Topliss-reactive ketones (excluding diaryl/α,β-unsaturated/α-hetero) is 1. The highest BCUT2D eigenvalue weighted by Gasteiger charge is 2.52. The van der Waals surface area contributed by atoms with E-state index in [4.69, 9.17) is 0 Å². The van der Waals surface area contributed by atoms with Crippen LogP contribution in [0.3, 0.4) is 0 Å². The maximum atomic E-state index is 13.7. The minimum absolute atomic E-state index is 0.158. The number of amides is 1. The van der Waals surface area contributed by atoms with E-state index in [0.717, 1.165) is 11.1 Å². The summed E-state index contributed by atoms with van der Waals surface area (Å²) in [5.74, 6) is -3.81. The van der Waals surface area contributed by atoms with Gasteiger partial charge in [0.25, 0.3) is 0 Å². The molecule has 6 nitrogen and oxygen atoms in total. The molecule has 4 unspecified atom stereocenters. The van der Waals surface area contributed by atoms with Crippen LogP contribution < -0.4 is 0 Å². The van der Waals surface area contributed by atoms with E-state index in [2.05, 4.69) is 0 Å². The summed E-state index contributed by atoms with van der Waals surface area (Å²) < 4.78 is 0. The number of aliphatic hydroxyl groups excluding tert-OH is 1. The number of carbonyl (C=O) groups excluding carboxylic acids is 2. The van der Waals surface area contributed by atoms with Gasteiger partial charge in [0.05, 0.1) is 5.92 Å². The molecular formula is C28H27NO5. The zero-order valence-corrected chi connectivity index (χ0v) is 18.7. The average molecular weight is 458 g/mol. The number of aliphatic hydroxyl groups is 1. The Morgan fingerprint density at radius 2 is 1.35 bits per heavy atom. The van der Waals surface area contributed by atoms with E-state index in [1.807, 2.05) is 60.7 Å². The molecule has 1 heterocycles. The van der Waals surface area contributed by atoms with Crippen molar-refractivity contribution in [1.82, 2.24) is 4.90 Å². The molecule has 3 aromatic rings. The first-order valence-corrected chi connectivity index (χ1v) is 11.3. The summed E-state index contributed by atoms with van der Waals surface area (Å²) in [4.78, 5) is 40.2. The topological polar surface area (TPSA) is 94.9 Å². The predicted octanol–water partition coefficient (Wildman–Crippen LogP) is 3.59. The summed E-state index contributed by atoms with van der Waals surface area (Å²) in [6, 6.07) is 27.0. The Balaban J connectivity index is 1.71. The number of benzene rings is 3. The van der Waals surface area contributed by atoms with Crippen LogP contribution in [0, 0.1) is 11.8 Å². The number of ketones is 1. The van der Waals surface area contributed by atoms with E-state index >= 15 is 0 Å². The molecule has 0 bridgehead atoms. The molecule has 1 amide bonds. The normalized spacial score (nSPS) is 20.8. The molecule has 174 valence electrons.